The third-order valence-corrected chi connectivity index (χ3v) is 6.59. The molecule has 1 aromatic carbocycles. The van der Waals surface area contributed by atoms with Crippen LogP contribution >= 0.6 is 11.6 Å². The molecular formula is C19H23ClN2O3. The Hall–Kier alpha value is -1.59. The van der Waals surface area contributed by atoms with E-state index in [0.717, 1.165) is 24.8 Å². The Kier molecular flexibility index (Phi) is 4.24. The first kappa shape index (κ1) is 16.9. The van der Waals surface area contributed by atoms with Gasteiger partial charge in [0.05, 0.1) is 0 Å². The number of amides is 1. The van der Waals surface area contributed by atoms with Gasteiger partial charge in [0.2, 0.25) is 5.91 Å². The van der Waals surface area contributed by atoms with E-state index in [9.17, 15) is 14.7 Å². The van der Waals surface area contributed by atoms with Crippen molar-refractivity contribution in [1.29, 1.82) is 0 Å². The quantitative estimate of drug-likeness (QED) is 0.894. The first-order valence-corrected chi connectivity index (χ1v) is 9.35. The van der Waals surface area contributed by atoms with Crippen molar-refractivity contribution in [3.05, 3.63) is 34.9 Å². The number of likely N-dealkylation sites (tertiary alicyclic amines) is 2. The van der Waals surface area contributed by atoms with Gasteiger partial charge in [-0.15, -0.1) is 0 Å². The van der Waals surface area contributed by atoms with Crippen molar-refractivity contribution in [1.82, 2.24) is 9.80 Å². The Balaban J connectivity index is 1.48. The van der Waals surface area contributed by atoms with E-state index >= 15 is 0 Å². The summed E-state index contributed by atoms with van der Waals surface area (Å²) in [6, 6.07) is 7.69. The fraction of sp³-hybridized carbons (Fsp3) is 0.579. The Morgan fingerprint density at radius 3 is 2.56 bits per heavy atom. The number of aliphatic carboxylic acids is 1. The molecule has 1 aliphatic carbocycles. The number of carboxylic acid groups (broad SMARTS) is 1. The standard InChI is InChI=1S/C19H23ClN2O3/c20-16-7-2-1-4-14(16)8-21-9-15-10-22(17(23)13-5-3-6-13)12-19(15,11-21)18(24)25/h1-2,4,7,13,15H,3,5-6,8-12H2,(H,24,25)/t15-,19-/m0/s1. The predicted octanol–water partition coefficient (Wildman–Crippen LogP) is 2.49. The Morgan fingerprint density at radius 1 is 1.20 bits per heavy atom. The Labute approximate surface area is 152 Å². The van der Waals surface area contributed by atoms with Crippen LogP contribution in [-0.2, 0) is 16.1 Å². The second-order valence-electron chi connectivity index (χ2n) is 7.77. The van der Waals surface area contributed by atoms with E-state index < -0.39 is 11.4 Å². The topological polar surface area (TPSA) is 60.9 Å². The average Bonchev–Trinajstić information content (AvgIpc) is 3.02. The van der Waals surface area contributed by atoms with Gasteiger partial charge >= 0.3 is 5.97 Å². The van der Waals surface area contributed by atoms with Gasteiger partial charge in [-0.05, 0) is 24.5 Å². The summed E-state index contributed by atoms with van der Waals surface area (Å²) in [5, 5.41) is 10.6. The number of halogens is 1. The van der Waals surface area contributed by atoms with Gasteiger partial charge in [-0.25, -0.2) is 0 Å². The van der Waals surface area contributed by atoms with Crippen molar-refractivity contribution in [2.45, 2.75) is 25.8 Å². The Bertz CT molecular complexity index is 706. The van der Waals surface area contributed by atoms with Gasteiger partial charge in [-0.3, -0.25) is 14.5 Å². The lowest BCUT2D eigenvalue weighted by Gasteiger charge is -2.31. The monoisotopic (exact) mass is 362 g/mol. The molecule has 6 heteroatoms. The molecule has 3 aliphatic rings. The lowest BCUT2D eigenvalue weighted by molar-refractivity contribution is -0.149. The van der Waals surface area contributed by atoms with E-state index in [1.165, 1.54) is 0 Å². The molecule has 1 amide bonds. The highest BCUT2D eigenvalue weighted by atomic mass is 35.5. The maximum atomic E-state index is 12.5. The second-order valence-corrected chi connectivity index (χ2v) is 8.17. The molecule has 0 unspecified atom stereocenters. The summed E-state index contributed by atoms with van der Waals surface area (Å²) in [7, 11) is 0. The molecule has 4 rings (SSSR count). The van der Waals surface area contributed by atoms with Gasteiger partial charge in [0.1, 0.15) is 5.41 Å². The molecule has 2 saturated heterocycles. The van der Waals surface area contributed by atoms with Gasteiger partial charge < -0.3 is 10.0 Å². The zero-order valence-electron chi connectivity index (χ0n) is 14.2. The minimum absolute atomic E-state index is 0.00323. The maximum Gasteiger partial charge on any atom is 0.313 e. The van der Waals surface area contributed by atoms with E-state index in [2.05, 4.69) is 4.90 Å². The molecule has 1 saturated carbocycles. The molecule has 2 heterocycles. The van der Waals surface area contributed by atoms with E-state index in [0.29, 0.717) is 37.7 Å². The molecule has 1 aromatic rings. The molecule has 0 radical (unpaired) electrons. The molecule has 2 atom stereocenters. The highest BCUT2D eigenvalue weighted by Crippen LogP contribution is 2.44. The zero-order valence-corrected chi connectivity index (χ0v) is 14.9. The summed E-state index contributed by atoms with van der Waals surface area (Å²) in [6.07, 6.45) is 3.03. The van der Waals surface area contributed by atoms with Crippen molar-refractivity contribution in [2.75, 3.05) is 26.2 Å². The van der Waals surface area contributed by atoms with Crippen molar-refractivity contribution in [2.24, 2.45) is 17.3 Å². The fourth-order valence-electron chi connectivity index (χ4n) is 4.54. The highest BCUT2D eigenvalue weighted by Gasteiger charge is 2.58. The van der Waals surface area contributed by atoms with E-state index in [1.54, 1.807) is 0 Å². The van der Waals surface area contributed by atoms with Crippen LogP contribution in [0.15, 0.2) is 24.3 Å². The third kappa shape index (κ3) is 2.83. The molecular weight excluding hydrogens is 340 g/mol. The number of rotatable bonds is 4. The van der Waals surface area contributed by atoms with Crippen LogP contribution < -0.4 is 0 Å². The lowest BCUT2D eigenvalue weighted by atomic mass is 9.81. The zero-order chi connectivity index (χ0) is 17.6. The Morgan fingerprint density at radius 2 is 1.96 bits per heavy atom. The minimum atomic E-state index is -0.833. The van der Waals surface area contributed by atoms with Crippen molar-refractivity contribution >= 4 is 23.5 Å². The number of hydrogen-bond acceptors (Lipinski definition) is 3. The summed E-state index contributed by atoms with van der Waals surface area (Å²) < 4.78 is 0. The second kappa shape index (κ2) is 6.29. The molecule has 5 nitrogen and oxygen atoms in total. The molecule has 0 bridgehead atoms. The number of carbonyl (C=O) groups is 2. The van der Waals surface area contributed by atoms with Crippen LogP contribution in [0.25, 0.3) is 0 Å². The van der Waals surface area contributed by atoms with Crippen molar-refractivity contribution in [3.8, 4) is 0 Å². The highest BCUT2D eigenvalue weighted by molar-refractivity contribution is 6.31. The van der Waals surface area contributed by atoms with Gasteiger partial charge in [-0.1, -0.05) is 36.2 Å². The van der Waals surface area contributed by atoms with Crippen LogP contribution in [-0.4, -0.2) is 53.0 Å². The van der Waals surface area contributed by atoms with E-state index in [4.69, 9.17) is 11.6 Å². The van der Waals surface area contributed by atoms with Crippen molar-refractivity contribution in [3.63, 3.8) is 0 Å². The largest absolute Gasteiger partial charge is 0.481 e. The molecule has 0 spiro atoms. The fourth-order valence-corrected chi connectivity index (χ4v) is 4.74. The molecule has 25 heavy (non-hydrogen) atoms. The predicted molar refractivity (Wildman–Crippen MR) is 94.2 cm³/mol. The third-order valence-electron chi connectivity index (χ3n) is 6.22. The molecule has 134 valence electrons. The number of fused-ring (bicyclic) bond motifs is 1. The van der Waals surface area contributed by atoms with Gasteiger partial charge in [-0.2, -0.15) is 0 Å². The summed E-state index contributed by atoms with van der Waals surface area (Å²) in [5.41, 5.74) is 0.188. The van der Waals surface area contributed by atoms with Gasteiger partial charge in [0.25, 0.3) is 0 Å². The van der Waals surface area contributed by atoms with E-state index in [-0.39, 0.29) is 17.7 Å². The molecule has 2 aliphatic heterocycles. The first-order chi connectivity index (χ1) is 12.0. The van der Waals surface area contributed by atoms with Crippen LogP contribution in [0, 0.1) is 17.3 Å². The number of nitrogens with zero attached hydrogens (tertiary/aromatic N) is 2. The smallest absolute Gasteiger partial charge is 0.313 e. The number of carboxylic acids is 1. The van der Waals surface area contributed by atoms with Crippen LogP contribution in [0.1, 0.15) is 24.8 Å². The number of benzene rings is 1. The van der Waals surface area contributed by atoms with Gasteiger partial charge in [0.15, 0.2) is 0 Å². The number of hydrogen-bond donors (Lipinski definition) is 1. The SMILES string of the molecule is O=C(C1CCC1)N1C[C@@H]2CN(Cc3ccccc3Cl)C[C@]2(C(=O)O)C1. The molecule has 0 aromatic heterocycles. The first-order valence-electron chi connectivity index (χ1n) is 8.97. The van der Waals surface area contributed by atoms with Crippen molar-refractivity contribution < 1.29 is 14.7 Å². The summed E-state index contributed by atoms with van der Waals surface area (Å²) in [4.78, 5) is 28.6. The molecule has 3 fully saturated rings. The van der Waals surface area contributed by atoms with Crippen LogP contribution in [0.2, 0.25) is 5.02 Å². The lowest BCUT2D eigenvalue weighted by Crippen LogP contribution is -2.44. The van der Waals surface area contributed by atoms with Crippen LogP contribution in [0.3, 0.4) is 0 Å². The summed E-state index contributed by atoms with van der Waals surface area (Å²) >= 11 is 6.25. The summed E-state index contributed by atoms with van der Waals surface area (Å²) in [6.45, 7) is 2.75. The summed E-state index contributed by atoms with van der Waals surface area (Å²) in [5.74, 6) is -0.484. The van der Waals surface area contributed by atoms with E-state index in [1.807, 2.05) is 29.2 Å². The minimum Gasteiger partial charge on any atom is -0.481 e. The normalized spacial score (nSPS) is 29.5. The van der Waals surface area contributed by atoms with Gasteiger partial charge in [0, 0.05) is 49.6 Å². The van der Waals surface area contributed by atoms with Crippen LogP contribution in [0.4, 0.5) is 0 Å². The van der Waals surface area contributed by atoms with Crippen LogP contribution in [0.5, 0.6) is 0 Å². The number of carbonyl (C=O) groups excluding carboxylic acids is 1. The average molecular weight is 363 g/mol. The molecule has 1 N–H and O–H groups in total. The maximum absolute atomic E-state index is 12.5.